The highest BCUT2D eigenvalue weighted by Gasteiger charge is 2.29. The summed E-state index contributed by atoms with van der Waals surface area (Å²) in [6, 6.07) is 7.84. The number of carbonyl (C=O) groups excluding carboxylic acids is 2. The summed E-state index contributed by atoms with van der Waals surface area (Å²) in [5.74, 6) is -0.00151. The van der Waals surface area contributed by atoms with Crippen molar-refractivity contribution in [2.45, 2.75) is 13.3 Å². The van der Waals surface area contributed by atoms with E-state index in [9.17, 15) is 9.59 Å². The number of amides is 3. The molecule has 0 aliphatic carbocycles. The third-order valence-corrected chi connectivity index (χ3v) is 4.16. The van der Waals surface area contributed by atoms with Crippen LogP contribution in [-0.2, 0) is 18.3 Å². The molecule has 0 radical (unpaired) electrons. The zero-order valence-corrected chi connectivity index (χ0v) is 13.5. The van der Waals surface area contributed by atoms with Crippen molar-refractivity contribution in [1.29, 1.82) is 0 Å². The van der Waals surface area contributed by atoms with Crippen molar-refractivity contribution in [3.8, 4) is 0 Å². The number of carbonyl (C=O) groups is 2. The van der Waals surface area contributed by atoms with Gasteiger partial charge in [0.2, 0.25) is 5.91 Å². The number of rotatable bonds is 4. The van der Waals surface area contributed by atoms with E-state index in [-0.39, 0.29) is 18.5 Å². The van der Waals surface area contributed by atoms with Gasteiger partial charge in [0, 0.05) is 31.9 Å². The summed E-state index contributed by atoms with van der Waals surface area (Å²) in [6.07, 6.45) is 0.659. The van der Waals surface area contributed by atoms with Gasteiger partial charge in [-0.3, -0.25) is 14.4 Å². The van der Waals surface area contributed by atoms with Gasteiger partial charge >= 0.3 is 6.03 Å². The Morgan fingerprint density at radius 1 is 1.35 bits per heavy atom. The Morgan fingerprint density at radius 3 is 2.87 bits per heavy atom. The Bertz CT molecular complexity index is 739. The van der Waals surface area contributed by atoms with Crippen LogP contribution in [0.5, 0.6) is 0 Å². The Morgan fingerprint density at radius 2 is 2.13 bits per heavy atom. The Labute approximate surface area is 134 Å². The molecule has 7 nitrogen and oxygen atoms in total. The lowest BCUT2D eigenvalue weighted by atomic mass is 10.2. The molecule has 3 amide bonds. The van der Waals surface area contributed by atoms with Crippen LogP contribution < -0.4 is 5.32 Å². The second-order valence-corrected chi connectivity index (χ2v) is 5.66. The van der Waals surface area contributed by atoms with E-state index in [4.69, 9.17) is 0 Å². The first kappa shape index (κ1) is 15.3. The van der Waals surface area contributed by atoms with Gasteiger partial charge in [0.25, 0.3) is 0 Å². The molecule has 1 aromatic carbocycles. The van der Waals surface area contributed by atoms with Crippen LogP contribution in [0.4, 0.5) is 4.79 Å². The van der Waals surface area contributed by atoms with E-state index < -0.39 is 0 Å². The van der Waals surface area contributed by atoms with Crippen LogP contribution in [0.2, 0.25) is 0 Å². The first-order valence-corrected chi connectivity index (χ1v) is 7.81. The minimum Gasteiger partial charge on any atom is -0.338 e. The summed E-state index contributed by atoms with van der Waals surface area (Å²) in [4.78, 5) is 27.0. The van der Waals surface area contributed by atoms with Crippen LogP contribution in [0, 0.1) is 0 Å². The number of urea groups is 1. The highest BCUT2D eigenvalue weighted by molar-refractivity contribution is 5.87. The van der Waals surface area contributed by atoms with E-state index in [0.717, 1.165) is 16.6 Å². The highest BCUT2D eigenvalue weighted by atomic mass is 16.2. The van der Waals surface area contributed by atoms with Crippen LogP contribution in [0.25, 0.3) is 10.9 Å². The summed E-state index contributed by atoms with van der Waals surface area (Å²) >= 11 is 0. The Balaban J connectivity index is 1.57. The van der Waals surface area contributed by atoms with E-state index in [1.165, 1.54) is 4.90 Å². The molecule has 2 heterocycles. The van der Waals surface area contributed by atoms with Gasteiger partial charge in [-0.05, 0) is 13.0 Å². The molecule has 1 aliphatic rings. The fourth-order valence-electron chi connectivity index (χ4n) is 2.88. The molecule has 0 atom stereocenters. The van der Waals surface area contributed by atoms with E-state index >= 15 is 0 Å². The average molecular weight is 315 g/mol. The maximum absolute atomic E-state index is 12.1. The topological polar surface area (TPSA) is 70.5 Å². The number of aromatic nitrogens is 2. The van der Waals surface area contributed by atoms with Crippen molar-refractivity contribution in [2.24, 2.45) is 7.05 Å². The standard InChI is InChI=1S/C16H21N5O2/c1-3-20-11-21(10-15(20)22)16(23)17-9-8-13-12-6-4-5-7-14(12)19(2)18-13/h4-7H,3,8-11H2,1-2H3,(H,17,23). The third-order valence-electron chi connectivity index (χ3n) is 4.16. The molecule has 0 bridgehead atoms. The van der Waals surface area contributed by atoms with Gasteiger partial charge < -0.3 is 10.2 Å². The number of fused-ring (bicyclic) bond motifs is 1. The molecule has 2 aromatic rings. The van der Waals surface area contributed by atoms with Gasteiger partial charge in [0.1, 0.15) is 6.54 Å². The third kappa shape index (κ3) is 2.99. The summed E-state index contributed by atoms with van der Waals surface area (Å²) in [6.45, 7) is 3.56. The van der Waals surface area contributed by atoms with Crippen molar-refractivity contribution in [3.05, 3.63) is 30.0 Å². The predicted octanol–water partition coefficient (Wildman–Crippen LogP) is 0.947. The zero-order chi connectivity index (χ0) is 16.4. The van der Waals surface area contributed by atoms with Gasteiger partial charge in [-0.15, -0.1) is 0 Å². The summed E-state index contributed by atoms with van der Waals surface area (Å²) in [7, 11) is 1.92. The first-order chi connectivity index (χ1) is 11.1. The zero-order valence-electron chi connectivity index (χ0n) is 13.5. The number of hydrogen-bond acceptors (Lipinski definition) is 3. The van der Waals surface area contributed by atoms with Crippen LogP contribution in [0.1, 0.15) is 12.6 Å². The second-order valence-electron chi connectivity index (χ2n) is 5.66. The van der Waals surface area contributed by atoms with Crippen molar-refractivity contribution in [2.75, 3.05) is 26.3 Å². The van der Waals surface area contributed by atoms with E-state index in [0.29, 0.717) is 26.2 Å². The molecule has 1 N–H and O–H groups in total. The number of hydrogen-bond donors (Lipinski definition) is 1. The van der Waals surface area contributed by atoms with Gasteiger partial charge in [-0.2, -0.15) is 5.10 Å². The lowest BCUT2D eigenvalue weighted by molar-refractivity contribution is -0.126. The van der Waals surface area contributed by atoms with Crippen molar-refractivity contribution < 1.29 is 9.59 Å². The molecule has 0 unspecified atom stereocenters. The number of nitrogens with one attached hydrogen (secondary N) is 1. The fraction of sp³-hybridized carbons (Fsp3) is 0.438. The quantitative estimate of drug-likeness (QED) is 0.913. The van der Waals surface area contributed by atoms with E-state index in [1.807, 2.05) is 42.9 Å². The predicted molar refractivity (Wildman–Crippen MR) is 86.8 cm³/mol. The number of nitrogens with zero attached hydrogens (tertiary/aromatic N) is 4. The molecular weight excluding hydrogens is 294 g/mol. The van der Waals surface area contributed by atoms with Gasteiger partial charge in [-0.25, -0.2) is 4.79 Å². The molecular formula is C16H21N5O2. The van der Waals surface area contributed by atoms with E-state index in [1.54, 1.807) is 4.90 Å². The lowest BCUT2D eigenvalue weighted by Gasteiger charge is -2.17. The first-order valence-electron chi connectivity index (χ1n) is 7.81. The minimum absolute atomic E-state index is 0.00151. The minimum atomic E-state index is -0.200. The van der Waals surface area contributed by atoms with Crippen molar-refractivity contribution >= 4 is 22.8 Å². The molecule has 0 saturated carbocycles. The molecule has 1 aliphatic heterocycles. The van der Waals surface area contributed by atoms with Crippen LogP contribution in [0.3, 0.4) is 0 Å². The van der Waals surface area contributed by atoms with Gasteiger partial charge in [0.05, 0.1) is 17.9 Å². The molecule has 0 spiro atoms. The molecule has 3 rings (SSSR count). The molecule has 1 aromatic heterocycles. The molecule has 1 fully saturated rings. The summed E-state index contributed by atoms with van der Waals surface area (Å²) < 4.78 is 1.85. The Kier molecular flexibility index (Phi) is 4.18. The number of para-hydroxylation sites is 1. The van der Waals surface area contributed by atoms with Gasteiger partial charge in [0.15, 0.2) is 0 Å². The average Bonchev–Trinajstić information content (AvgIpc) is 3.08. The maximum atomic E-state index is 12.1. The largest absolute Gasteiger partial charge is 0.338 e. The molecule has 1 saturated heterocycles. The molecule has 122 valence electrons. The number of aryl methyl sites for hydroxylation is 1. The van der Waals surface area contributed by atoms with Crippen LogP contribution >= 0.6 is 0 Å². The van der Waals surface area contributed by atoms with Gasteiger partial charge in [-0.1, -0.05) is 18.2 Å². The summed E-state index contributed by atoms with van der Waals surface area (Å²) in [5.41, 5.74) is 2.05. The maximum Gasteiger partial charge on any atom is 0.319 e. The number of benzene rings is 1. The van der Waals surface area contributed by atoms with Crippen LogP contribution in [-0.4, -0.2) is 57.8 Å². The normalized spacial score (nSPS) is 14.8. The number of likely N-dealkylation sites (N-methyl/N-ethyl adjacent to an activating group) is 1. The highest BCUT2D eigenvalue weighted by Crippen LogP contribution is 2.17. The lowest BCUT2D eigenvalue weighted by Crippen LogP contribution is -2.40. The smallest absolute Gasteiger partial charge is 0.319 e. The monoisotopic (exact) mass is 315 g/mol. The second kappa shape index (κ2) is 6.28. The molecule has 23 heavy (non-hydrogen) atoms. The SMILES string of the molecule is CCN1CN(C(=O)NCCc2nn(C)c3ccccc23)CC1=O. The van der Waals surface area contributed by atoms with Crippen molar-refractivity contribution in [1.82, 2.24) is 24.9 Å². The Hall–Kier alpha value is -2.57. The van der Waals surface area contributed by atoms with Crippen LogP contribution in [0.15, 0.2) is 24.3 Å². The summed E-state index contributed by atoms with van der Waals surface area (Å²) in [5, 5.41) is 8.49. The van der Waals surface area contributed by atoms with Crippen molar-refractivity contribution in [3.63, 3.8) is 0 Å². The fourth-order valence-corrected chi connectivity index (χ4v) is 2.88. The van der Waals surface area contributed by atoms with E-state index in [2.05, 4.69) is 10.4 Å². The molecule has 7 heteroatoms.